The number of hydrogen-bond donors (Lipinski definition) is 2. The molecule has 0 spiro atoms. The highest BCUT2D eigenvalue weighted by Gasteiger charge is 2.11. The van der Waals surface area contributed by atoms with Crippen molar-refractivity contribution >= 4 is 23.9 Å². The normalized spacial score (nSPS) is 11.0. The third kappa shape index (κ3) is 5.33. The zero-order valence-electron chi connectivity index (χ0n) is 17.1. The summed E-state index contributed by atoms with van der Waals surface area (Å²) in [7, 11) is 0. The highest BCUT2D eigenvalue weighted by molar-refractivity contribution is 5.88. The molecule has 0 aliphatic heterocycles. The summed E-state index contributed by atoms with van der Waals surface area (Å²) in [6.07, 6.45) is 4.91. The maximum Gasteiger partial charge on any atom is 0.331 e. The molecule has 0 atom stereocenters. The predicted molar refractivity (Wildman–Crippen MR) is 121 cm³/mol. The van der Waals surface area contributed by atoms with Crippen LogP contribution in [0.1, 0.15) is 17.0 Å². The number of hydrogen-bond acceptors (Lipinski definition) is 8. The first-order valence-corrected chi connectivity index (χ1v) is 9.84. The van der Waals surface area contributed by atoms with Gasteiger partial charge in [-0.3, -0.25) is 4.68 Å². The average Bonchev–Trinajstić information content (AvgIpc) is 3.19. The molecule has 0 aliphatic carbocycles. The lowest BCUT2D eigenvalue weighted by Gasteiger charge is -2.02. The van der Waals surface area contributed by atoms with E-state index in [9.17, 15) is 4.79 Å². The van der Waals surface area contributed by atoms with Crippen LogP contribution in [0.3, 0.4) is 0 Å². The molecule has 0 saturated carbocycles. The monoisotopic (exact) mass is 427 g/mol. The number of carbonyl (C=O) groups excluding carboxylic acids is 1. The van der Waals surface area contributed by atoms with Gasteiger partial charge in [0.05, 0.1) is 12.2 Å². The van der Waals surface area contributed by atoms with Gasteiger partial charge in [-0.05, 0) is 11.6 Å². The van der Waals surface area contributed by atoms with Gasteiger partial charge in [-0.25, -0.2) is 4.79 Å². The fourth-order valence-corrected chi connectivity index (χ4v) is 3.09. The van der Waals surface area contributed by atoms with Crippen molar-refractivity contribution in [1.29, 1.82) is 0 Å². The molecule has 0 aliphatic rings. The summed E-state index contributed by atoms with van der Waals surface area (Å²) in [4.78, 5) is 23.7. The van der Waals surface area contributed by atoms with Gasteiger partial charge in [-0.2, -0.15) is 20.1 Å². The lowest BCUT2D eigenvalue weighted by molar-refractivity contribution is -0.139. The summed E-state index contributed by atoms with van der Waals surface area (Å²) in [5.74, 6) is -0.440. The van der Waals surface area contributed by atoms with Crippen LogP contribution in [0.25, 0.3) is 17.3 Å². The van der Waals surface area contributed by atoms with E-state index in [-0.39, 0.29) is 24.3 Å². The van der Waals surface area contributed by atoms with Crippen molar-refractivity contribution in [3.63, 3.8) is 0 Å². The van der Waals surface area contributed by atoms with Crippen LogP contribution in [0.2, 0.25) is 0 Å². The fourth-order valence-electron chi connectivity index (χ4n) is 3.09. The highest BCUT2D eigenvalue weighted by Crippen LogP contribution is 2.23. The van der Waals surface area contributed by atoms with Gasteiger partial charge in [0, 0.05) is 23.4 Å². The molecule has 160 valence electrons. The van der Waals surface area contributed by atoms with Gasteiger partial charge < -0.3 is 16.2 Å². The van der Waals surface area contributed by atoms with Crippen molar-refractivity contribution in [2.45, 2.75) is 13.2 Å². The number of rotatable bonds is 7. The van der Waals surface area contributed by atoms with E-state index in [1.165, 1.54) is 6.08 Å². The topological polar surface area (TPSA) is 135 Å². The average molecular weight is 427 g/mol. The first-order valence-electron chi connectivity index (χ1n) is 9.84. The van der Waals surface area contributed by atoms with Crippen molar-refractivity contribution in [3.05, 3.63) is 89.9 Å². The van der Waals surface area contributed by atoms with Crippen molar-refractivity contribution < 1.29 is 9.53 Å². The molecule has 2 aromatic heterocycles. The maximum atomic E-state index is 12.2. The van der Waals surface area contributed by atoms with E-state index in [0.29, 0.717) is 6.54 Å². The largest absolute Gasteiger partial charge is 0.454 e. The predicted octanol–water partition coefficient (Wildman–Crippen LogP) is 2.70. The lowest BCUT2D eigenvalue weighted by Crippen LogP contribution is -2.09. The van der Waals surface area contributed by atoms with Gasteiger partial charge in [0.25, 0.3) is 0 Å². The molecule has 9 nitrogen and oxygen atoms in total. The quantitative estimate of drug-likeness (QED) is 0.339. The molecule has 2 heterocycles. The zero-order chi connectivity index (χ0) is 22.3. The zero-order valence-corrected chi connectivity index (χ0v) is 17.1. The molecule has 0 radical (unpaired) electrons. The fraction of sp³-hybridized carbons (Fsp3) is 0.0870. The minimum Gasteiger partial charge on any atom is -0.454 e. The molecule has 2 aromatic carbocycles. The Labute approximate surface area is 184 Å². The van der Waals surface area contributed by atoms with E-state index in [1.54, 1.807) is 6.08 Å². The Balaban J connectivity index is 1.51. The second-order valence-electron chi connectivity index (χ2n) is 6.89. The van der Waals surface area contributed by atoms with Crippen LogP contribution in [-0.4, -0.2) is 30.7 Å². The molecule has 0 unspecified atom stereocenters. The first-order chi connectivity index (χ1) is 15.6. The number of ether oxygens (including phenoxy) is 1. The minimum absolute atomic E-state index is 0.0302. The Bertz CT molecular complexity index is 1220. The molecular formula is C23H21N7O2. The Kier molecular flexibility index (Phi) is 6.17. The van der Waals surface area contributed by atoms with Crippen molar-refractivity contribution in [3.8, 4) is 11.3 Å². The summed E-state index contributed by atoms with van der Waals surface area (Å²) < 4.78 is 7.04. The van der Waals surface area contributed by atoms with Gasteiger partial charge in [-0.1, -0.05) is 60.7 Å². The molecule has 0 bridgehead atoms. The summed E-state index contributed by atoms with van der Waals surface area (Å²) in [6, 6.07) is 19.8. The van der Waals surface area contributed by atoms with E-state index in [4.69, 9.17) is 21.3 Å². The summed E-state index contributed by atoms with van der Waals surface area (Å²) >= 11 is 0. The van der Waals surface area contributed by atoms with E-state index >= 15 is 0 Å². The number of nitrogens with zero attached hydrogens (tertiary/aromatic N) is 5. The number of benzene rings is 2. The van der Waals surface area contributed by atoms with Gasteiger partial charge in [0.15, 0.2) is 12.4 Å². The van der Waals surface area contributed by atoms with Crippen LogP contribution in [0.4, 0.5) is 11.9 Å². The first kappa shape index (κ1) is 20.7. The number of nitrogens with two attached hydrogens (primary N) is 2. The number of aromatic nitrogens is 5. The van der Waals surface area contributed by atoms with Crippen molar-refractivity contribution in [2.24, 2.45) is 0 Å². The Morgan fingerprint density at radius 2 is 1.59 bits per heavy atom. The third-order valence-corrected chi connectivity index (χ3v) is 4.48. The van der Waals surface area contributed by atoms with Crippen LogP contribution in [-0.2, 0) is 22.7 Å². The van der Waals surface area contributed by atoms with Gasteiger partial charge in [-0.15, -0.1) is 0 Å². The van der Waals surface area contributed by atoms with Gasteiger partial charge in [0.1, 0.15) is 0 Å². The number of nitrogen functional groups attached to an aromatic ring is 2. The summed E-state index contributed by atoms with van der Waals surface area (Å²) in [5.41, 5.74) is 14.7. The molecule has 0 amide bonds. The third-order valence-electron chi connectivity index (χ3n) is 4.48. The summed E-state index contributed by atoms with van der Waals surface area (Å²) in [6.45, 7) is 0.445. The van der Waals surface area contributed by atoms with Crippen LogP contribution in [0, 0.1) is 0 Å². The second kappa shape index (κ2) is 9.52. The number of esters is 1. The standard InChI is InChI=1S/C23H21N7O2/c24-22-26-19(27-23(25)28-22)15-32-20(31)12-11-18-14-30(13-16-7-3-1-4-8-16)29-21(18)17-9-5-2-6-10-17/h1-12,14H,13,15H2,(H4,24,25,26,27,28)/b12-11+. The minimum atomic E-state index is -0.558. The number of carbonyl (C=O) groups is 1. The highest BCUT2D eigenvalue weighted by atomic mass is 16.5. The second-order valence-corrected chi connectivity index (χ2v) is 6.89. The van der Waals surface area contributed by atoms with E-state index in [0.717, 1.165) is 22.4 Å². The molecule has 9 heteroatoms. The number of anilines is 2. The molecule has 4 N–H and O–H groups in total. The van der Waals surface area contributed by atoms with Gasteiger partial charge in [0.2, 0.25) is 11.9 Å². The molecular weight excluding hydrogens is 406 g/mol. The molecule has 32 heavy (non-hydrogen) atoms. The smallest absolute Gasteiger partial charge is 0.331 e. The van der Waals surface area contributed by atoms with Crippen LogP contribution < -0.4 is 11.5 Å². The van der Waals surface area contributed by atoms with E-state index < -0.39 is 5.97 Å². The van der Waals surface area contributed by atoms with Crippen molar-refractivity contribution in [1.82, 2.24) is 24.7 Å². The molecule has 4 aromatic rings. The molecule has 0 saturated heterocycles. The molecule has 0 fully saturated rings. The van der Waals surface area contributed by atoms with Crippen LogP contribution in [0.15, 0.2) is 72.9 Å². The van der Waals surface area contributed by atoms with E-state index in [2.05, 4.69) is 15.0 Å². The Morgan fingerprint density at radius 1 is 0.938 bits per heavy atom. The summed E-state index contributed by atoms with van der Waals surface area (Å²) in [5, 5.41) is 4.73. The molecule has 4 rings (SSSR count). The van der Waals surface area contributed by atoms with E-state index in [1.807, 2.05) is 71.5 Å². The SMILES string of the molecule is Nc1nc(N)nc(COC(=O)/C=C/c2cn(Cc3ccccc3)nc2-c2ccccc2)n1. The van der Waals surface area contributed by atoms with Crippen molar-refractivity contribution in [2.75, 3.05) is 11.5 Å². The van der Waals surface area contributed by atoms with Crippen LogP contribution in [0.5, 0.6) is 0 Å². The Hall–Kier alpha value is -4.53. The maximum absolute atomic E-state index is 12.2. The van der Waals surface area contributed by atoms with Crippen LogP contribution >= 0.6 is 0 Å². The van der Waals surface area contributed by atoms with Gasteiger partial charge >= 0.3 is 5.97 Å². The lowest BCUT2D eigenvalue weighted by atomic mass is 10.1. The Morgan fingerprint density at radius 3 is 2.28 bits per heavy atom.